The predicted molar refractivity (Wildman–Crippen MR) is 89.4 cm³/mol. The lowest BCUT2D eigenvalue weighted by Gasteiger charge is -2.25. The van der Waals surface area contributed by atoms with Gasteiger partial charge >= 0.3 is 0 Å². The number of halogens is 1. The molecule has 112 valence electrons. The summed E-state index contributed by atoms with van der Waals surface area (Å²) in [7, 11) is 0. The third-order valence-electron chi connectivity index (χ3n) is 2.83. The molecule has 0 aliphatic rings. The van der Waals surface area contributed by atoms with Crippen molar-refractivity contribution in [3.8, 4) is 5.75 Å². The number of hydrogen-bond donors (Lipinski definition) is 1. The van der Waals surface area contributed by atoms with Gasteiger partial charge in [-0.25, -0.2) is 0 Å². The standard InChI is InChI=1S/C15H22BrNO2S/c1-9-10(2)12(8-7-11(9)16)19-14(20-6)13(18)17-15(3,4)5/h7-8,14H,1-6H3,(H,17,18). The third-order valence-corrected chi connectivity index (χ3v) is 4.43. The molecule has 1 atom stereocenters. The molecule has 20 heavy (non-hydrogen) atoms. The Morgan fingerprint density at radius 1 is 1.30 bits per heavy atom. The second kappa shape index (κ2) is 6.85. The van der Waals surface area contributed by atoms with Crippen LogP contribution in [0.2, 0.25) is 0 Å². The molecule has 0 bridgehead atoms. The van der Waals surface area contributed by atoms with Gasteiger partial charge in [-0.1, -0.05) is 15.9 Å². The molecule has 5 heteroatoms. The minimum Gasteiger partial charge on any atom is -0.470 e. The van der Waals surface area contributed by atoms with Crippen LogP contribution in [0.5, 0.6) is 5.75 Å². The molecule has 1 unspecified atom stereocenters. The van der Waals surface area contributed by atoms with E-state index in [4.69, 9.17) is 4.74 Å². The van der Waals surface area contributed by atoms with Gasteiger partial charge in [-0.05, 0) is 64.1 Å². The number of rotatable bonds is 4. The molecule has 0 aromatic heterocycles. The van der Waals surface area contributed by atoms with Gasteiger partial charge in [0.25, 0.3) is 5.91 Å². The number of amides is 1. The molecule has 0 heterocycles. The molecule has 0 aliphatic carbocycles. The van der Waals surface area contributed by atoms with Crippen LogP contribution < -0.4 is 10.1 Å². The molecule has 1 aromatic rings. The van der Waals surface area contributed by atoms with Gasteiger partial charge in [0.15, 0.2) is 0 Å². The van der Waals surface area contributed by atoms with Crippen LogP contribution in [0.1, 0.15) is 31.9 Å². The Balaban J connectivity index is 2.89. The second-order valence-electron chi connectivity index (χ2n) is 5.72. The van der Waals surface area contributed by atoms with E-state index in [-0.39, 0.29) is 11.4 Å². The van der Waals surface area contributed by atoms with Crippen molar-refractivity contribution in [2.45, 2.75) is 45.6 Å². The summed E-state index contributed by atoms with van der Waals surface area (Å²) in [5, 5.41) is 2.94. The van der Waals surface area contributed by atoms with Crippen molar-refractivity contribution in [3.63, 3.8) is 0 Å². The number of ether oxygens (including phenoxy) is 1. The monoisotopic (exact) mass is 359 g/mol. The molecule has 0 saturated heterocycles. The summed E-state index contributed by atoms with van der Waals surface area (Å²) < 4.78 is 6.91. The summed E-state index contributed by atoms with van der Waals surface area (Å²) in [4.78, 5) is 12.2. The van der Waals surface area contributed by atoms with E-state index in [0.717, 1.165) is 21.3 Å². The first-order chi connectivity index (χ1) is 9.15. The van der Waals surface area contributed by atoms with E-state index in [2.05, 4.69) is 21.2 Å². The van der Waals surface area contributed by atoms with Crippen molar-refractivity contribution < 1.29 is 9.53 Å². The Labute approximate surface area is 134 Å². The molecule has 1 rings (SSSR count). The zero-order chi connectivity index (χ0) is 15.5. The van der Waals surface area contributed by atoms with Gasteiger partial charge < -0.3 is 10.1 Å². The zero-order valence-electron chi connectivity index (χ0n) is 12.8. The van der Waals surface area contributed by atoms with Crippen LogP contribution in [-0.4, -0.2) is 23.1 Å². The number of thioether (sulfide) groups is 1. The van der Waals surface area contributed by atoms with E-state index >= 15 is 0 Å². The van der Waals surface area contributed by atoms with Gasteiger partial charge in [0.05, 0.1) is 0 Å². The molecule has 0 saturated carbocycles. The summed E-state index contributed by atoms with van der Waals surface area (Å²) in [5.74, 6) is 0.638. The van der Waals surface area contributed by atoms with Crippen molar-refractivity contribution in [1.82, 2.24) is 5.32 Å². The van der Waals surface area contributed by atoms with Gasteiger partial charge in [0, 0.05) is 10.0 Å². The summed E-state index contributed by atoms with van der Waals surface area (Å²) in [6.07, 6.45) is 1.87. The Morgan fingerprint density at radius 3 is 2.40 bits per heavy atom. The van der Waals surface area contributed by atoms with Gasteiger partial charge in [-0.3, -0.25) is 4.79 Å². The highest BCUT2D eigenvalue weighted by Crippen LogP contribution is 2.29. The number of carbonyl (C=O) groups excluding carboxylic acids is 1. The SMILES string of the molecule is CSC(Oc1ccc(Br)c(C)c1C)C(=O)NC(C)(C)C. The molecule has 3 nitrogen and oxygen atoms in total. The average Bonchev–Trinajstić information content (AvgIpc) is 2.33. The van der Waals surface area contributed by atoms with Gasteiger partial charge in [0.2, 0.25) is 5.44 Å². The minimum absolute atomic E-state index is 0.107. The van der Waals surface area contributed by atoms with E-state index < -0.39 is 5.44 Å². The van der Waals surface area contributed by atoms with Gasteiger partial charge in [0.1, 0.15) is 5.75 Å². The van der Waals surface area contributed by atoms with Gasteiger partial charge in [-0.15, -0.1) is 11.8 Å². The number of carbonyl (C=O) groups is 1. The van der Waals surface area contributed by atoms with Crippen LogP contribution in [0.3, 0.4) is 0 Å². The van der Waals surface area contributed by atoms with Crippen LogP contribution in [0.25, 0.3) is 0 Å². The summed E-state index contributed by atoms with van der Waals surface area (Å²) >= 11 is 4.88. The molecule has 0 aliphatic heterocycles. The van der Waals surface area contributed by atoms with Crippen molar-refractivity contribution >= 4 is 33.6 Å². The maximum Gasteiger partial charge on any atom is 0.272 e. The molecule has 1 N–H and O–H groups in total. The molecule has 0 fully saturated rings. The largest absolute Gasteiger partial charge is 0.470 e. The molecule has 1 amide bonds. The Hall–Kier alpha value is -0.680. The Kier molecular flexibility index (Phi) is 5.95. The fourth-order valence-corrected chi connectivity index (χ4v) is 2.55. The predicted octanol–water partition coefficient (Wildman–Crippen LogP) is 4.05. The summed E-state index contributed by atoms with van der Waals surface area (Å²) in [6, 6.07) is 3.83. The third kappa shape index (κ3) is 4.70. The van der Waals surface area contributed by atoms with Crippen LogP contribution >= 0.6 is 27.7 Å². The zero-order valence-corrected chi connectivity index (χ0v) is 15.2. The van der Waals surface area contributed by atoms with Crippen molar-refractivity contribution in [3.05, 3.63) is 27.7 Å². The Bertz CT molecular complexity index is 497. The Morgan fingerprint density at radius 2 is 1.90 bits per heavy atom. The summed E-state index contributed by atoms with van der Waals surface area (Å²) in [5.41, 5.74) is 1.35. The normalized spacial score (nSPS) is 12.9. The van der Waals surface area contributed by atoms with E-state index in [1.165, 1.54) is 11.8 Å². The van der Waals surface area contributed by atoms with Crippen molar-refractivity contribution in [2.24, 2.45) is 0 Å². The van der Waals surface area contributed by atoms with Crippen LogP contribution in [0.4, 0.5) is 0 Å². The van der Waals surface area contributed by atoms with E-state index in [1.54, 1.807) is 0 Å². The first kappa shape index (κ1) is 17.4. The maximum atomic E-state index is 12.2. The lowest BCUT2D eigenvalue weighted by molar-refractivity contribution is -0.125. The average molecular weight is 360 g/mol. The lowest BCUT2D eigenvalue weighted by Crippen LogP contribution is -2.46. The highest BCUT2D eigenvalue weighted by molar-refractivity contribution is 9.10. The first-order valence-corrected chi connectivity index (χ1v) is 8.51. The number of nitrogens with one attached hydrogen (secondary N) is 1. The van der Waals surface area contributed by atoms with E-state index in [9.17, 15) is 4.79 Å². The van der Waals surface area contributed by atoms with Crippen LogP contribution in [-0.2, 0) is 4.79 Å². The fourth-order valence-electron chi connectivity index (χ4n) is 1.64. The summed E-state index contributed by atoms with van der Waals surface area (Å²) in [6.45, 7) is 9.88. The van der Waals surface area contributed by atoms with Crippen molar-refractivity contribution in [2.75, 3.05) is 6.26 Å². The quantitative estimate of drug-likeness (QED) is 0.824. The highest BCUT2D eigenvalue weighted by atomic mass is 79.9. The fraction of sp³-hybridized carbons (Fsp3) is 0.533. The van der Waals surface area contributed by atoms with Gasteiger partial charge in [-0.2, -0.15) is 0 Å². The molecular formula is C15H22BrNO2S. The molecule has 0 radical (unpaired) electrons. The maximum absolute atomic E-state index is 12.2. The smallest absolute Gasteiger partial charge is 0.272 e. The van der Waals surface area contributed by atoms with E-state index in [0.29, 0.717) is 0 Å². The number of benzene rings is 1. The molecule has 1 aromatic carbocycles. The second-order valence-corrected chi connectivity index (χ2v) is 7.47. The first-order valence-electron chi connectivity index (χ1n) is 6.43. The van der Waals surface area contributed by atoms with E-state index in [1.807, 2.05) is 53.0 Å². The minimum atomic E-state index is -0.548. The number of hydrogen-bond acceptors (Lipinski definition) is 3. The highest BCUT2D eigenvalue weighted by Gasteiger charge is 2.24. The lowest BCUT2D eigenvalue weighted by atomic mass is 10.1. The molecule has 0 spiro atoms. The molecular weight excluding hydrogens is 338 g/mol. The topological polar surface area (TPSA) is 38.3 Å². The van der Waals surface area contributed by atoms with Crippen LogP contribution in [0.15, 0.2) is 16.6 Å². The van der Waals surface area contributed by atoms with Crippen LogP contribution in [0, 0.1) is 13.8 Å². The van der Waals surface area contributed by atoms with Crippen molar-refractivity contribution in [1.29, 1.82) is 0 Å².